The van der Waals surface area contributed by atoms with Gasteiger partial charge in [0, 0.05) is 6.42 Å². The van der Waals surface area contributed by atoms with E-state index >= 15 is 0 Å². The molecule has 136 valence electrons. The van der Waals surface area contributed by atoms with Crippen LogP contribution in [0.2, 0.25) is 0 Å². The van der Waals surface area contributed by atoms with Crippen molar-refractivity contribution in [3.63, 3.8) is 0 Å². The largest absolute Gasteiger partial charge is 0.442 e. The Labute approximate surface area is 155 Å². The number of rotatable bonds is 4. The summed E-state index contributed by atoms with van der Waals surface area (Å²) in [6.45, 7) is 1.58. The normalized spacial score (nSPS) is 11.0. The lowest BCUT2D eigenvalue weighted by molar-refractivity contribution is 0.102. The van der Waals surface area contributed by atoms with Crippen LogP contribution < -0.4 is 10.9 Å². The molecule has 0 unspecified atom stereocenters. The third-order valence-corrected chi connectivity index (χ3v) is 4.69. The van der Waals surface area contributed by atoms with Gasteiger partial charge in [-0.05, 0) is 24.6 Å². The summed E-state index contributed by atoms with van der Waals surface area (Å²) < 4.78 is 18.3. The van der Waals surface area contributed by atoms with Crippen molar-refractivity contribution in [1.29, 1.82) is 0 Å². The molecule has 10 heteroatoms. The Kier molecular flexibility index (Phi) is 4.24. The first-order valence-corrected chi connectivity index (χ1v) is 8.68. The molecule has 27 heavy (non-hydrogen) atoms. The van der Waals surface area contributed by atoms with Gasteiger partial charge in [0.1, 0.15) is 22.0 Å². The summed E-state index contributed by atoms with van der Waals surface area (Å²) in [4.78, 5) is 31.0. The first kappa shape index (κ1) is 17.0. The van der Waals surface area contributed by atoms with Crippen LogP contribution in [0, 0.1) is 12.7 Å². The highest BCUT2D eigenvalue weighted by Gasteiger charge is 2.22. The maximum absolute atomic E-state index is 13.0. The van der Waals surface area contributed by atoms with E-state index in [4.69, 9.17) is 4.42 Å². The van der Waals surface area contributed by atoms with E-state index in [2.05, 4.69) is 25.5 Å². The number of nitrogens with zero attached hydrogens (tertiary/aromatic N) is 3. The summed E-state index contributed by atoms with van der Waals surface area (Å²) in [6, 6.07) is 6.07. The molecule has 2 N–H and O–H groups in total. The SMILES string of the molecule is Cc1oc2nc[nH]c(=O)c2c1C(=O)Nc1nnc(Cc2ccc(F)cc2)s1. The zero-order valence-corrected chi connectivity index (χ0v) is 14.8. The number of aromatic amines is 1. The van der Waals surface area contributed by atoms with Crippen molar-refractivity contribution in [2.45, 2.75) is 13.3 Å². The lowest BCUT2D eigenvalue weighted by Gasteiger charge is -1.99. The molecule has 0 aliphatic carbocycles. The molecule has 1 amide bonds. The number of benzene rings is 1. The third-order valence-electron chi connectivity index (χ3n) is 3.85. The monoisotopic (exact) mass is 385 g/mol. The molecule has 0 fully saturated rings. The van der Waals surface area contributed by atoms with Crippen LogP contribution in [-0.2, 0) is 6.42 Å². The molecule has 0 radical (unpaired) electrons. The zero-order chi connectivity index (χ0) is 19.0. The Bertz CT molecular complexity index is 1200. The maximum Gasteiger partial charge on any atom is 0.262 e. The van der Waals surface area contributed by atoms with Crippen LogP contribution in [0.5, 0.6) is 0 Å². The summed E-state index contributed by atoms with van der Waals surface area (Å²) in [7, 11) is 0. The number of amides is 1. The van der Waals surface area contributed by atoms with Gasteiger partial charge >= 0.3 is 0 Å². The molecule has 4 rings (SSSR count). The van der Waals surface area contributed by atoms with Crippen molar-refractivity contribution in [2.24, 2.45) is 0 Å². The highest BCUT2D eigenvalue weighted by atomic mass is 32.1. The Hall–Kier alpha value is -3.40. The fraction of sp³-hybridized carbons (Fsp3) is 0.118. The lowest BCUT2D eigenvalue weighted by atomic mass is 10.2. The molecule has 0 spiro atoms. The number of aryl methyl sites for hydroxylation is 1. The van der Waals surface area contributed by atoms with Crippen molar-refractivity contribution in [3.05, 3.63) is 68.7 Å². The first-order valence-electron chi connectivity index (χ1n) is 7.86. The molecule has 1 aromatic carbocycles. The Morgan fingerprint density at radius 1 is 1.30 bits per heavy atom. The molecule has 3 heterocycles. The Balaban J connectivity index is 1.56. The van der Waals surface area contributed by atoms with Gasteiger partial charge < -0.3 is 9.40 Å². The number of fused-ring (bicyclic) bond motifs is 1. The van der Waals surface area contributed by atoms with Gasteiger partial charge in [0.15, 0.2) is 0 Å². The summed E-state index contributed by atoms with van der Waals surface area (Å²) >= 11 is 1.19. The third kappa shape index (κ3) is 3.34. The number of carbonyl (C=O) groups is 1. The number of hydrogen-bond acceptors (Lipinski definition) is 7. The van der Waals surface area contributed by atoms with Gasteiger partial charge in [-0.15, -0.1) is 10.2 Å². The number of H-pyrrole nitrogens is 1. The van der Waals surface area contributed by atoms with E-state index in [9.17, 15) is 14.0 Å². The molecule has 0 saturated heterocycles. The van der Waals surface area contributed by atoms with Crippen LogP contribution in [0.4, 0.5) is 9.52 Å². The van der Waals surface area contributed by atoms with Crippen molar-refractivity contribution in [3.8, 4) is 0 Å². The molecular weight excluding hydrogens is 373 g/mol. The number of aromatic nitrogens is 4. The molecule has 0 saturated carbocycles. The van der Waals surface area contributed by atoms with Gasteiger partial charge in [-0.25, -0.2) is 9.37 Å². The number of anilines is 1. The average molecular weight is 385 g/mol. The first-order chi connectivity index (χ1) is 13.0. The van der Waals surface area contributed by atoms with E-state index in [0.29, 0.717) is 11.4 Å². The van der Waals surface area contributed by atoms with E-state index in [1.165, 1.54) is 29.8 Å². The van der Waals surface area contributed by atoms with Gasteiger partial charge in [0.05, 0.1) is 11.9 Å². The Morgan fingerprint density at radius 2 is 2.07 bits per heavy atom. The van der Waals surface area contributed by atoms with Gasteiger partial charge in [-0.2, -0.15) is 0 Å². The molecule has 8 nitrogen and oxygen atoms in total. The van der Waals surface area contributed by atoms with Gasteiger partial charge in [0.2, 0.25) is 10.8 Å². The number of nitrogens with one attached hydrogen (secondary N) is 2. The van der Waals surface area contributed by atoms with Crippen LogP contribution in [0.15, 0.2) is 39.8 Å². The predicted octanol–water partition coefficient (Wildman–Crippen LogP) is 2.66. The second kappa shape index (κ2) is 6.72. The fourth-order valence-corrected chi connectivity index (χ4v) is 3.41. The minimum atomic E-state index is -0.533. The topological polar surface area (TPSA) is 114 Å². The minimum Gasteiger partial charge on any atom is -0.442 e. The van der Waals surface area contributed by atoms with Crippen LogP contribution in [-0.4, -0.2) is 26.1 Å². The van der Waals surface area contributed by atoms with E-state index in [1.54, 1.807) is 19.1 Å². The van der Waals surface area contributed by atoms with Crippen molar-refractivity contribution in [2.75, 3.05) is 5.32 Å². The quantitative estimate of drug-likeness (QED) is 0.558. The van der Waals surface area contributed by atoms with Gasteiger partial charge in [0.25, 0.3) is 11.5 Å². The van der Waals surface area contributed by atoms with Crippen LogP contribution in [0.25, 0.3) is 11.1 Å². The summed E-state index contributed by atoms with van der Waals surface area (Å²) in [5.74, 6) is -0.562. The van der Waals surface area contributed by atoms with Crippen molar-refractivity contribution >= 4 is 33.5 Å². The predicted molar refractivity (Wildman–Crippen MR) is 96.4 cm³/mol. The minimum absolute atomic E-state index is 0.0866. The fourth-order valence-electron chi connectivity index (χ4n) is 2.64. The van der Waals surface area contributed by atoms with Crippen molar-refractivity contribution in [1.82, 2.24) is 20.2 Å². The van der Waals surface area contributed by atoms with Gasteiger partial charge in [-0.3, -0.25) is 14.9 Å². The molecule has 3 aromatic heterocycles. The lowest BCUT2D eigenvalue weighted by Crippen LogP contribution is -2.16. The van der Waals surface area contributed by atoms with Crippen molar-refractivity contribution < 1.29 is 13.6 Å². The maximum atomic E-state index is 13.0. The molecule has 0 aliphatic rings. The Morgan fingerprint density at radius 3 is 2.85 bits per heavy atom. The van der Waals surface area contributed by atoms with Crippen LogP contribution in [0.3, 0.4) is 0 Å². The number of furan rings is 1. The summed E-state index contributed by atoms with van der Waals surface area (Å²) in [6.07, 6.45) is 1.67. The molecule has 4 aromatic rings. The second-order valence-corrected chi connectivity index (χ2v) is 6.77. The zero-order valence-electron chi connectivity index (χ0n) is 13.9. The average Bonchev–Trinajstić information content (AvgIpc) is 3.21. The van der Waals surface area contributed by atoms with Gasteiger partial charge in [-0.1, -0.05) is 23.5 Å². The van der Waals surface area contributed by atoms with E-state index < -0.39 is 11.5 Å². The number of hydrogen-bond donors (Lipinski definition) is 2. The summed E-state index contributed by atoms with van der Waals surface area (Å²) in [5.41, 5.74) is 0.612. The standard InChI is InChI=1S/C17H12FN5O3S/c1-8-12(13-14(24)19-7-20-16(13)26-8)15(25)21-17-23-22-11(27-17)6-9-2-4-10(18)5-3-9/h2-5,7H,6H2,1H3,(H,19,20,24)(H,21,23,25). The molecule has 0 bridgehead atoms. The second-order valence-electron chi connectivity index (χ2n) is 5.70. The van der Waals surface area contributed by atoms with E-state index in [0.717, 1.165) is 5.56 Å². The van der Waals surface area contributed by atoms with E-state index in [-0.39, 0.29) is 33.4 Å². The smallest absolute Gasteiger partial charge is 0.262 e. The van der Waals surface area contributed by atoms with E-state index in [1.807, 2.05) is 0 Å². The van der Waals surface area contributed by atoms with Crippen LogP contribution in [0.1, 0.15) is 26.7 Å². The number of carbonyl (C=O) groups excluding carboxylic acids is 1. The number of halogens is 1. The van der Waals surface area contributed by atoms with Crippen LogP contribution >= 0.6 is 11.3 Å². The highest BCUT2D eigenvalue weighted by molar-refractivity contribution is 7.15. The summed E-state index contributed by atoms with van der Waals surface area (Å²) in [5, 5.41) is 11.6. The molecule has 0 atom stereocenters. The highest BCUT2D eigenvalue weighted by Crippen LogP contribution is 2.24. The molecule has 0 aliphatic heterocycles. The molecular formula is C17H12FN5O3S.